The molecule has 0 spiro atoms. The highest BCUT2D eigenvalue weighted by atomic mass is 35.5. The van der Waals surface area contributed by atoms with Gasteiger partial charge in [0.1, 0.15) is 5.75 Å². The summed E-state index contributed by atoms with van der Waals surface area (Å²) in [5.74, 6) is 0.510. The van der Waals surface area contributed by atoms with Crippen LogP contribution in [0, 0.1) is 0 Å². The Morgan fingerprint density at radius 3 is 2.84 bits per heavy atom. The first kappa shape index (κ1) is 17.5. The van der Waals surface area contributed by atoms with E-state index >= 15 is 0 Å². The maximum absolute atomic E-state index is 10.0. The Labute approximate surface area is 158 Å². The predicted molar refractivity (Wildman–Crippen MR) is 104 cm³/mol. The predicted octanol–water partition coefficient (Wildman–Crippen LogP) is 5.67. The Bertz CT molecular complexity index is 988. The third-order valence-electron chi connectivity index (χ3n) is 3.34. The van der Waals surface area contributed by atoms with E-state index in [9.17, 15) is 5.11 Å². The molecule has 9 heteroatoms. The maximum atomic E-state index is 10.0. The number of nitrogens with one attached hydrogen (secondary N) is 2. The molecule has 2 aromatic carbocycles. The third kappa shape index (κ3) is 3.84. The number of fused-ring (bicyclic) bond motifs is 1. The summed E-state index contributed by atoms with van der Waals surface area (Å²) in [6, 6.07) is 10.4. The van der Waals surface area contributed by atoms with E-state index in [2.05, 4.69) is 20.5 Å². The first-order chi connectivity index (χ1) is 12.0. The second-order valence-electron chi connectivity index (χ2n) is 4.99. The molecule has 0 saturated carbocycles. The van der Waals surface area contributed by atoms with Gasteiger partial charge in [0, 0.05) is 22.2 Å². The van der Waals surface area contributed by atoms with Crippen LogP contribution >= 0.6 is 35.4 Å². The number of azo groups is 1. The zero-order valence-electron chi connectivity index (χ0n) is 12.9. The van der Waals surface area contributed by atoms with E-state index in [4.69, 9.17) is 40.2 Å². The molecular formula is C16H12Cl2N4O2S. The fourth-order valence-electron chi connectivity index (χ4n) is 2.24. The van der Waals surface area contributed by atoms with Crippen molar-refractivity contribution in [2.45, 2.75) is 0 Å². The lowest BCUT2D eigenvalue weighted by Crippen LogP contribution is -2.04. The lowest BCUT2D eigenvalue weighted by atomic mass is 10.2. The van der Waals surface area contributed by atoms with Crippen molar-refractivity contribution < 1.29 is 9.84 Å². The fourth-order valence-corrected chi connectivity index (χ4v) is 2.94. The molecule has 0 aliphatic carbocycles. The molecule has 3 N–H and O–H groups in total. The summed E-state index contributed by atoms with van der Waals surface area (Å²) >= 11 is 17.2. The van der Waals surface area contributed by atoms with Crippen LogP contribution in [0.1, 0.15) is 0 Å². The van der Waals surface area contributed by atoms with E-state index < -0.39 is 0 Å². The normalized spacial score (nSPS) is 11.2. The minimum absolute atomic E-state index is 0.120. The van der Waals surface area contributed by atoms with Crippen LogP contribution < -0.4 is 10.1 Å². The minimum Gasteiger partial charge on any atom is -0.497 e. The first-order valence-corrected chi connectivity index (χ1v) is 8.21. The molecule has 0 bridgehead atoms. The van der Waals surface area contributed by atoms with Crippen molar-refractivity contribution in [2.75, 3.05) is 12.4 Å². The third-order valence-corrected chi connectivity index (χ3v) is 4.04. The molecule has 0 aliphatic rings. The molecule has 25 heavy (non-hydrogen) atoms. The number of ether oxygens (including phenoxy) is 1. The topological polar surface area (TPSA) is 82.0 Å². The van der Waals surface area contributed by atoms with Crippen LogP contribution in [0.2, 0.25) is 10.0 Å². The van der Waals surface area contributed by atoms with Crippen molar-refractivity contribution in [1.82, 2.24) is 4.98 Å². The van der Waals surface area contributed by atoms with Gasteiger partial charge in [-0.3, -0.25) is 0 Å². The molecule has 0 saturated heterocycles. The highest BCUT2D eigenvalue weighted by molar-refractivity contribution is 7.80. The molecule has 0 unspecified atom stereocenters. The van der Waals surface area contributed by atoms with Crippen molar-refractivity contribution in [1.29, 1.82) is 0 Å². The number of methoxy groups -OCH3 is 1. The van der Waals surface area contributed by atoms with Crippen molar-refractivity contribution in [2.24, 2.45) is 10.2 Å². The number of aromatic nitrogens is 1. The van der Waals surface area contributed by atoms with Crippen LogP contribution in [0.5, 0.6) is 11.6 Å². The number of thiocarbonyl (C=S) groups is 1. The van der Waals surface area contributed by atoms with Gasteiger partial charge in [0.25, 0.3) is 0 Å². The second-order valence-corrected chi connectivity index (χ2v) is 6.22. The number of anilines is 1. The molecule has 0 amide bonds. The highest BCUT2D eigenvalue weighted by Gasteiger charge is 2.14. The largest absolute Gasteiger partial charge is 0.497 e. The number of aromatic hydroxyl groups is 1. The Morgan fingerprint density at radius 2 is 2.08 bits per heavy atom. The number of hydrogen-bond donors (Lipinski definition) is 3. The number of hydrogen-bond acceptors (Lipinski definition) is 4. The van der Waals surface area contributed by atoms with Crippen LogP contribution in [-0.4, -0.2) is 22.3 Å². The van der Waals surface area contributed by atoms with Gasteiger partial charge in [0.05, 0.1) is 17.6 Å². The molecule has 3 aromatic rings. The van der Waals surface area contributed by atoms with E-state index in [-0.39, 0.29) is 16.7 Å². The number of nitrogens with zero attached hydrogens (tertiary/aromatic N) is 2. The van der Waals surface area contributed by atoms with Crippen molar-refractivity contribution >= 4 is 62.8 Å². The number of halogens is 2. The van der Waals surface area contributed by atoms with Crippen LogP contribution in [-0.2, 0) is 0 Å². The molecule has 6 nitrogen and oxygen atoms in total. The molecule has 0 fully saturated rings. The molecule has 128 valence electrons. The van der Waals surface area contributed by atoms with Crippen molar-refractivity contribution in [3.63, 3.8) is 0 Å². The van der Waals surface area contributed by atoms with Crippen molar-refractivity contribution in [3.8, 4) is 11.6 Å². The average molecular weight is 395 g/mol. The quantitative estimate of drug-likeness (QED) is 0.394. The Kier molecular flexibility index (Phi) is 5.08. The lowest BCUT2D eigenvalue weighted by Gasteiger charge is -2.05. The molecule has 0 aliphatic heterocycles. The fraction of sp³-hybridized carbons (Fsp3) is 0.0625. The highest BCUT2D eigenvalue weighted by Crippen LogP contribution is 2.40. The van der Waals surface area contributed by atoms with Gasteiger partial charge in [0.2, 0.25) is 11.0 Å². The molecule has 1 heterocycles. The van der Waals surface area contributed by atoms with Crippen LogP contribution in [0.25, 0.3) is 10.9 Å². The standard InChI is InChI=1S/C16H12Cl2N4O2S/c1-24-10-4-2-3-9(7-10)19-16(25)22-21-14-11-5-8(17)6-12(18)13(11)20-15(14)23/h2-7,20,23H,1H3,(H,19,25). The smallest absolute Gasteiger partial charge is 0.218 e. The van der Waals surface area contributed by atoms with E-state index in [0.29, 0.717) is 32.4 Å². The number of benzene rings is 2. The molecular weight excluding hydrogens is 383 g/mol. The SMILES string of the molecule is COc1cccc(NC(=S)N=Nc2c(O)[nH]c3c(Cl)cc(Cl)cc23)c1. The van der Waals surface area contributed by atoms with Gasteiger partial charge in [-0.25, -0.2) is 0 Å². The van der Waals surface area contributed by atoms with Crippen LogP contribution in [0.3, 0.4) is 0 Å². The maximum Gasteiger partial charge on any atom is 0.218 e. The summed E-state index contributed by atoms with van der Waals surface area (Å²) in [6.07, 6.45) is 0. The van der Waals surface area contributed by atoms with Crippen molar-refractivity contribution in [3.05, 3.63) is 46.4 Å². The summed E-state index contributed by atoms with van der Waals surface area (Å²) in [5.41, 5.74) is 1.43. The van der Waals surface area contributed by atoms with Gasteiger partial charge in [-0.15, -0.1) is 10.2 Å². The van der Waals surface area contributed by atoms with Gasteiger partial charge in [-0.2, -0.15) is 0 Å². The van der Waals surface area contributed by atoms with Gasteiger partial charge in [0.15, 0.2) is 5.69 Å². The van der Waals surface area contributed by atoms with E-state index in [0.717, 1.165) is 0 Å². The summed E-state index contributed by atoms with van der Waals surface area (Å²) in [6.45, 7) is 0. The Balaban J connectivity index is 1.85. The summed E-state index contributed by atoms with van der Waals surface area (Å²) in [5, 5.41) is 22.3. The average Bonchev–Trinajstić information content (AvgIpc) is 2.89. The van der Waals surface area contributed by atoms with Gasteiger partial charge < -0.3 is 20.1 Å². The summed E-state index contributed by atoms with van der Waals surface area (Å²) in [7, 11) is 1.58. The monoisotopic (exact) mass is 394 g/mol. The van der Waals surface area contributed by atoms with Crippen LogP contribution in [0.15, 0.2) is 46.6 Å². The zero-order valence-corrected chi connectivity index (χ0v) is 15.2. The van der Waals surface area contributed by atoms with Gasteiger partial charge >= 0.3 is 0 Å². The number of H-pyrrole nitrogens is 1. The number of aromatic amines is 1. The van der Waals surface area contributed by atoms with E-state index in [1.807, 2.05) is 18.2 Å². The molecule has 1 aromatic heterocycles. The van der Waals surface area contributed by atoms with Gasteiger partial charge in [-0.1, -0.05) is 29.3 Å². The molecule has 0 atom stereocenters. The van der Waals surface area contributed by atoms with Crippen LogP contribution in [0.4, 0.5) is 11.4 Å². The Morgan fingerprint density at radius 1 is 1.28 bits per heavy atom. The Hall–Kier alpha value is -2.35. The lowest BCUT2D eigenvalue weighted by molar-refractivity contribution is 0.415. The minimum atomic E-state index is -0.174. The zero-order chi connectivity index (χ0) is 18.0. The summed E-state index contributed by atoms with van der Waals surface area (Å²) < 4.78 is 5.14. The second kappa shape index (κ2) is 7.26. The molecule has 3 rings (SSSR count). The first-order valence-electron chi connectivity index (χ1n) is 7.04. The van der Waals surface area contributed by atoms with E-state index in [1.165, 1.54) is 0 Å². The van der Waals surface area contributed by atoms with E-state index in [1.54, 1.807) is 25.3 Å². The molecule has 0 radical (unpaired) electrons. The summed E-state index contributed by atoms with van der Waals surface area (Å²) in [4.78, 5) is 2.74. The number of rotatable bonds is 3. The van der Waals surface area contributed by atoms with Gasteiger partial charge in [-0.05, 0) is 36.5 Å².